The fourth-order valence-corrected chi connectivity index (χ4v) is 3.21. The number of nitrogens with zero attached hydrogens (tertiary/aromatic N) is 1. The van der Waals surface area contributed by atoms with Crippen LogP contribution < -0.4 is 5.32 Å². The summed E-state index contributed by atoms with van der Waals surface area (Å²) in [6, 6.07) is 12.6. The number of carbonyl (C=O) groups excluding carboxylic acids is 1. The Morgan fingerprint density at radius 3 is 2.66 bits per heavy atom. The van der Waals surface area contributed by atoms with Gasteiger partial charge in [0.1, 0.15) is 17.2 Å². The van der Waals surface area contributed by atoms with Gasteiger partial charge in [0.15, 0.2) is 5.58 Å². The molecule has 0 saturated carbocycles. The molecule has 0 bridgehead atoms. The number of hydrogen-bond acceptors (Lipinski definition) is 3. The fourth-order valence-electron chi connectivity index (χ4n) is 3.04. The molecule has 0 aliphatic carbocycles. The summed E-state index contributed by atoms with van der Waals surface area (Å²) >= 11 is 5.99. The maximum atomic E-state index is 14.3. The topological polar surface area (TPSA) is 55.1 Å². The van der Waals surface area contributed by atoms with E-state index in [0.717, 1.165) is 12.1 Å². The van der Waals surface area contributed by atoms with Crippen LogP contribution in [-0.2, 0) is 0 Å². The molecule has 4 aromatic rings. The van der Waals surface area contributed by atoms with E-state index in [9.17, 15) is 13.6 Å². The molecule has 0 aliphatic rings. The van der Waals surface area contributed by atoms with Crippen LogP contribution in [-0.4, -0.2) is 10.9 Å². The summed E-state index contributed by atoms with van der Waals surface area (Å²) in [5.74, 6) is -1.88. The third kappa shape index (κ3) is 3.47. The highest BCUT2D eigenvalue weighted by Crippen LogP contribution is 2.31. The summed E-state index contributed by atoms with van der Waals surface area (Å²) < 4.78 is 33.5. The van der Waals surface area contributed by atoms with E-state index in [1.807, 2.05) is 0 Å². The first kappa shape index (κ1) is 19.1. The average molecular weight is 413 g/mol. The standard InChI is InChI=1S/C22H15ClF2N2O2/c1-11-14(22-27-18-9-6-13(23)10-19(18)29-22)4-3-5-17(11)26-21(28)15-7-8-16(24)12(2)20(15)25/h3-10H,1-2H3,(H,26,28). The van der Waals surface area contributed by atoms with E-state index in [2.05, 4.69) is 10.3 Å². The largest absolute Gasteiger partial charge is 0.436 e. The SMILES string of the molecule is Cc1c(NC(=O)c2ccc(F)c(C)c2F)cccc1-c1nc2ccc(Cl)cc2o1. The van der Waals surface area contributed by atoms with Crippen molar-refractivity contribution >= 4 is 34.3 Å². The molecular formula is C22H15ClF2N2O2. The summed E-state index contributed by atoms with van der Waals surface area (Å²) in [5.41, 5.74) is 2.60. The molecular weight excluding hydrogens is 398 g/mol. The van der Waals surface area contributed by atoms with Crippen molar-refractivity contribution in [2.75, 3.05) is 5.32 Å². The molecule has 0 fully saturated rings. The van der Waals surface area contributed by atoms with Crippen LogP contribution >= 0.6 is 11.6 Å². The minimum Gasteiger partial charge on any atom is -0.436 e. The number of carbonyl (C=O) groups is 1. The zero-order valence-electron chi connectivity index (χ0n) is 15.5. The van der Waals surface area contributed by atoms with Crippen LogP contribution in [0.15, 0.2) is 52.9 Å². The Kier molecular flexibility index (Phi) is 4.80. The lowest BCUT2D eigenvalue weighted by Gasteiger charge is -2.12. The molecule has 146 valence electrons. The van der Waals surface area contributed by atoms with Gasteiger partial charge in [-0.2, -0.15) is 0 Å². The fraction of sp³-hybridized carbons (Fsp3) is 0.0909. The van der Waals surface area contributed by atoms with E-state index >= 15 is 0 Å². The predicted octanol–water partition coefficient (Wildman–Crippen LogP) is 6.30. The second kappa shape index (κ2) is 7.29. The van der Waals surface area contributed by atoms with Crippen molar-refractivity contribution in [1.29, 1.82) is 0 Å². The minimum atomic E-state index is -0.882. The van der Waals surface area contributed by atoms with Crippen LogP contribution in [0, 0.1) is 25.5 Å². The van der Waals surface area contributed by atoms with Gasteiger partial charge >= 0.3 is 0 Å². The molecule has 0 saturated heterocycles. The maximum absolute atomic E-state index is 14.3. The lowest BCUT2D eigenvalue weighted by molar-refractivity contribution is 0.102. The van der Waals surface area contributed by atoms with Gasteiger partial charge in [-0.05, 0) is 55.8 Å². The van der Waals surface area contributed by atoms with Gasteiger partial charge in [-0.1, -0.05) is 17.7 Å². The van der Waals surface area contributed by atoms with Crippen molar-refractivity contribution in [1.82, 2.24) is 4.98 Å². The summed E-state index contributed by atoms with van der Waals surface area (Å²) in [6.07, 6.45) is 0. The maximum Gasteiger partial charge on any atom is 0.258 e. The van der Waals surface area contributed by atoms with E-state index in [4.69, 9.17) is 16.0 Å². The van der Waals surface area contributed by atoms with Crippen LogP contribution in [0.2, 0.25) is 5.02 Å². The van der Waals surface area contributed by atoms with Gasteiger partial charge in [0.25, 0.3) is 5.91 Å². The summed E-state index contributed by atoms with van der Waals surface area (Å²) in [4.78, 5) is 17.0. The molecule has 4 rings (SSSR count). The van der Waals surface area contributed by atoms with Crippen molar-refractivity contribution in [3.63, 3.8) is 0 Å². The van der Waals surface area contributed by atoms with Crippen molar-refractivity contribution < 1.29 is 18.0 Å². The average Bonchev–Trinajstić information content (AvgIpc) is 3.10. The highest BCUT2D eigenvalue weighted by molar-refractivity contribution is 6.31. The second-order valence-electron chi connectivity index (χ2n) is 6.60. The van der Waals surface area contributed by atoms with Gasteiger partial charge in [0, 0.05) is 27.9 Å². The molecule has 0 atom stereocenters. The van der Waals surface area contributed by atoms with Crippen molar-refractivity contribution in [3.8, 4) is 11.5 Å². The lowest BCUT2D eigenvalue weighted by atomic mass is 10.1. The number of aromatic nitrogens is 1. The van der Waals surface area contributed by atoms with Gasteiger partial charge in [-0.3, -0.25) is 4.79 Å². The summed E-state index contributed by atoms with van der Waals surface area (Å²) in [7, 11) is 0. The molecule has 1 amide bonds. The third-order valence-electron chi connectivity index (χ3n) is 4.73. The van der Waals surface area contributed by atoms with Crippen LogP contribution in [0.5, 0.6) is 0 Å². The van der Waals surface area contributed by atoms with E-state index in [1.54, 1.807) is 43.3 Å². The Morgan fingerprint density at radius 2 is 1.86 bits per heavy atom. The number of anilines is 1. The Labute approximate surface area is 170 Å². The normalized spacial score (nSPS) is 11.1. The Hall–Kier alpha value is -3.25. The van der Waals surface area contributed by atoms with Crippen LogP contribution in [0.4, 0.5) is 14.5 Å². The molecule has 0 aliphatic heterocycles. The van der Waals surface area contributed by atoms with Crippen LogP contribution in [0.25, 0.3) is 22.6 Å². The molecule has 0 unspecified atom stereocenters. The Bertz CT molecular complexity index is 1270. The third-order valence-corrected chi connectivity index (χ3v) is 4.96. The second-order valence-corrected chi connectivity index (χ2v) is 7.03. The van der Waals surface area contributed by atoms with Crippen LogP contribution in [0.1, 0.15) is 21.5 Å². The number of hydrogen-bond donors (Lipinski definition) is 1. The molecule has 1 N–H and O–H groups in total. The highest BCUT2D eigenvalue weighted by Gasteiger charge is 2.18. The Balaban J connectivity index is 1.69. The molecule has 0 radical (unpaired) electrons. The van der Waals surface area contributed by atoms with E-state index in [1.165, 1.54) is 6.92 Å². The Morgan fingerprint density at radius 1 is 1.07 bits per heavy atom. The number of oxazole rings is 1. The predicted molar refractivity (Wildman–Crippen MR) is 108 cm³/mol. The number of amides is 1. The molecule has 3 aromatic carbocycles. The first-order valence-electron chi connectivity index (χ1n) is 8.77. The summed E-state index contributed by atoms with van der Waals surface area (Å²) in [5, 5.41) is 3.21. The smallest absolute Gasteiger partial charge is 0.258 e. The zero-order chi connectivity index (χ0) is 20.7. The molecule has 4 nitrogen and oxygen atoms in total. The van der Waals surface area contributed by atoms with E-state index in [-0.39, 0.29) is 11.1 Å². The number of rotatable bonds is 3. The van der Waals surface area contributed by atoms with E-state index < -0.39 is 17.5 Å². The minimum absolute atomic E-state index is 0.201. The van der Waals surface area contributed by atoms with Crippen molar-refractivity contribution in [2.24, 2.45) is 0 Å². The molecule has 0 spiro atoms. The zero-order valence-corrected chi connectivity index (χ0v) is 16.3. The molecule has 1 aromatic heterocycles. The van der Waals surface area contributed by atoms with Gasteiger partial charge in [0.2, 0.25) is 5.89 Å². The number of halogens is 3. The van der Waals surface area contributed by atoms with Crippen LogP contribution in [0.3, 0.4) is 0 Å². The molecule has 29 heavy (non-hydrogen) atoms. The summed E-state index contributed by atoms with van der Waals surface area (Å²) in [6.45, 7) is 3.08. The van der Waals surface area contributed by atoms with Crippen molar-refractivity contribution in [3.05, 3.63) is 81.9 Å². The van der Waals surface area contributed by atoms with Gasteiger partial charge in [0.05, 0.1) is 5.56 Å². The monoisotopic (exact) mass is 412 g/mol. The van der Waals surface area contributed by atoms with E-state index in [0.29, 0.717) is 38.8 Å². The first-order chi connectivity index (χ1) is 13.8. The number of fused-ring (bicyclic) bond motifs is 1. The quantitative estimate of drug-likeness (QED) is 0.430. The molecule has 7 heteroatoms. The van der Waals surface area contributed by atoms with Gasteiger partial charge in [-0.15, -0.1) is 0 Å². The number of nitrogens with one attached hydrogen (secondary N) is 1. The van der Waals surface area contributed by atoms with Gasteiger partial charge in [-0.25, -0.2) is 13.8 Å². The van der Waals surface area contributed by atoms with Crippen molar-refractivity contribution in [2.45, 2.75) is 13.8 Å². The highest BCUT2D eigenvalue weighted by atomic mass is 35.5. The number of benzene rings is 3. The molecule has 1 heterocycles. The first-order valence-corrected chi connectivity index (χ1v) is 9.15. The lowest BCUT2D eigenvalue weighted by Crippen LogP contribution is -2.15. The van der Waals surface area contributed by atoms with Gasteiger partial charge < -0.3 is 9.73 Å².